The van der Waals surface area contributed by atoms with E-state index in [0.717, 1.165) is 45.6 Å². The molecule has 134 valence electrons. The molecule has 2 heterocycles. The van der Waals surface area contributed by atoms with E-state index in [4.69, 9.17) is 5.73 Å². The molecule has 24 heavy (non-hydrogen) atoms. The number of carbonyl (C=O) groups excluding carboxylic acids is 1. The highest BCUT2D eigenvalue weighted by Gasteiger charge is 2.25. The van der Waals surface area contributed by atoms with Crippen LogP contribution in [0.1, 0.15) is 12.8 Å². The van der Waals surface area contributed by atoms with Gasteiger partial charge in [0.15, 0.2) is 0 Å². The summed E-state index contributed by atoms with van der Waals surface area (Å²) in [4.78, 5) is 21.0. The van der Waals surface area contributed by atoms with Crippen molar-refractivity contribution >= 4 is 5.91 Å². The van der Waals surface area contributed by atoms with Crippen molar-refractivity contribution in [3.8, 4) is 6.07 Å². The second kappa shape index (κ2) is 9.02. The highest BCUT2D eigenvalue weighted by molar-refractivity contribution is 5.97. The molecular formula is C17H30N6O. The van der Waals surface area contributed by atoms with Crippen molar-refractivity contribution in [2.75, 3.05) is 66.5 Å². The number of likely N-dealkylation sites (tertiary alicyclic amines) is 1. The number of carbonyl (C=O) groups is 1. The first-order valence-electron chi connectivity index (χ1n) is 8.79. The minimum atomic E-state index is -0.148. The van der Waals surface area contributed by atoms with Crippen LogP contribution in [0, 0.1) is 11.3 Å². The second-order valence-corrected chi connectivity index (χ2v) is 6.78. The third kappa shape index (κ3) is 4.94. The van der Waals surface area contributed by atoms with Gasteiger partial charge in [-0.1, -0.05) is 0 Å². The van der Waals surface area contributed by atoms with Gasteiger partial charge in [-0.3, -0.25) is 9.69 Å². The largest absolute Gasteiger partial charge is 0.376 e. The molecule has 0 aromatic carbocycles. The first-order chi connectivity index (χ1) is 11.5. The van der Waals surface area contributed by atoms with Gasteiger partial charge < -0.3 is 20.4 Å². The topological polar surface area (TPSA) is 79.8 Å². The maximum atomic E-state index is 12.6. The van der Waals surface area contributed by atoms with Crippen LogP contribution in [-0.2, 0) is 4.79 Å². The predicted octanol–water partition coefficient (Wildman–Crippen LogP) is -0.477. The average molecular weight is 334 g/mol. The number of nitrogens with two attached hydrogens (primary N) is 1. The van der Waals surface area contributed by atoms with Crippen LogP contribution >= 0.6 is 0 Å². The van der Waals surface area contributed by atoms with Crippen molar-refractivity contribution < 1.29 is 4.79 Å². The van der Waals surface area contributed by atoms with Crippen LogP contribution in [0.15, 0.2) is 11.8 Å². The van der Waals surface area contributed by atoms with Crippen LogP contribution < -0.4 is 5.73 Å². The van der Waals surface area contributed by atoms with E-state index < -0.39 is 0 Å². The summed E-state index contributed by atoms with van der Waals surface area (Å²) in [6.45, 7) is 6.59. The summed E-state index contributed by atoms with van der Waals surface area (Å²) in [5.74, 6) is -0.148. The van der Waals surface area contributed by atoms with Gasteiger partial charge in [-0.05, 0) is 33.0 Å². The molecule has 0 unspecified atom stereocenters. The predicted molar refractivity (Wildman–Crippen MR) is 94.1 cm³/mol. The molecule has 0 aromatic rings. The fourth-order valence-electron chi connectivity index (χ4n) is 3.37. The third-order valence-corrected chi connectivity index (χ3v) is 5.05. The fourth-order valence-corrected chi connectivity index (χ4v) is 3.37. The van der Waals surface area contributed by atoms with Crippen LogP contribution in [0.4, 0.5) is 0 Å². The Morgan fingerprint density at radius 3 is 2.42 bits per heavy atom. The number of nitrogens with zero attached hydrogens (tertiary/aromatic N) is 5. The van der Waals surface area contributed by atoms with E-state index in [1.165, 1.54) is 0 Å². The normalized spacial score (nSPS) is 21.6. The molecule has 2 aliphatic rings. The lowest BCUT2D eigenvalue weighted by Gasteiger charge is -2.36. The third-order valence-electron chi connectivity index (χ3n) is 5.05. The van der Waals surface area contributed by atoms with Crippen molar-refractivity contribution in [1.82, 2.24) is 19.6 Å². The molecule has 7 nitrogen and oxygen atoms in total. The summed E-state index contributed by atoms with van der Waals surface area (Å²) in [7, 11) is 4.10. The Kier molecular flexibility index (Phi) is 7.03. The summed E-state index contributed by atoms with van der Waals surface area (Å²) in [6, 6.07) is 2.50. The maximum Gasteiger partial charge on any atom is 0.266 e. The van der Waals surface area contributed by atoms with E-state index in [9.17, 15) is 10.1 Å². The van der Waals surface area contributed by atoms with E-state index in [1.807, 2.05) is 11.9 Å². The molecule has 1 amide bonds. The van der Waals surface area contributed by atoms with Gasteiger partial charge in [-0.25, -0.2) is 0 Å². The molecule has 0 bridgehead atoms. The Balaban J connectivity index is 1.92. The highest BCUT2D eigenvalue weighted by atomic mass is 16.2. The van der Waals surface area contributed by atoms with E-state index in [1.54, 1.807) is 11.1 Å². The van der Waals surface area contributed by atoms with Gasteiger partial charge in [0.25, 0.3) is 5.91 Å². The number of hydrogen-bond donors (Lipinski definition) is 1. The Hall–Kier alpha value is -1.62. The SMILES string of the molecule is CN1CCC(N(C)/C=C(/C#N)C(=O)N2CCN(CCN)CC2)CC1. The zero-order valence-corrected chi connectivity index (χ0v) is 14.9. The molecule has 2 saturated heterocycles. The number of piperazine rings is 1. The van der Waals surface area contributed by atoms with Gasteiger partial charge in [-0.15, -0.1) is 0 Å². The number of rotatable bonds is 5. The monoisotopic (exact) mass is 334 g/mol. The second-order valence-electron chi connectivity index (χ2n) is 6.78. The lowest BCUT2D eigenvalue weighted by molar-refractivity contribution is -0.128. The molecular weight excluding hydrogens is 304 g/mol. The van der Waals surface area contributed by atoms with E-state index in [2.05, 4.69) is 22.9 Å². The van der Waals surface area contributed by atoms with Crippen LogP contribution in [-0.4, -0.2) is 98.0 Å². The number of amides is 1. The molecule has 7 heteroatoms. The van der Waals surface area contributed by atoms with E-state index >= 15 is 0 Å². The van der Waals surface area contributed by atoms with Crippen LogP contribution in [0.25, 0.3) is 0 Å². The molecule has 2 aliphatic heterocycles. The number of piperidine rings is 1. The summed E-state index contributed by atoms with van der Waals surface area (Å²) < 4.78 is 0. The quantitative estimate of drug-likeness (QED) is 0.540. The summed E-state index contributed by atoms with van der Waals surface area (Å²) in [6.07, 6.45) is 3.87. The minimum absolute atomic E-state index is 0.148. The van der Waals surface area contributed by atoms with Crippen LogP contribution in [0.3, 0.4) is 0 Å². The lowest BCUT2D eigenvalue weighted by Crippen LogP contribution is -2.50. The average Bonchev–Trinajstić information content (AvgIpc) is 2.60. The van der Waals surface area contributed by atoms with Gasteiger partial charge in [0.05, 0.1) is 0 Å². The highest BCUT2D eigenvalue weighted by Crippen LogP contribution is 2.16. The molecule has 2 rings (SSSR count). The van der Waals surface area contributed by atoms with Crippen LogP contribution in [0.2, 0.25) is 0 Å². The van der Waals surface area contributed by atoms with Gasteiger partial charge in [0, 0.05) is 58.6 Å². The van der Waals surface area contributed by atoms with Crippen molar-refractivity contribution in [3.05, 3.63) is 11.8 Å². The fraction of sp³-hybridized carbons (Fsp3) is 0.765. The van der Waals surface area contributed by atoms with Gasteiger partial charge in [0.2, 0.25) is 0 Å². The van der Waals surface area contributed by atoms with E-state index in [-0.39, 0.29) is 11.5 Å². The minimum Gasteiger partial charge on any atom is -0.376 e. The molecule has 0 atom stereocenters. The van der Waals surface area contributed by atoms with Gasteiger partial charge in [0.1, 0.15) is 11.6 Å². The molecule has 0 spiro atoms. The zero-order chi connectivity index (χ0) is 17.5. The smallest absolute Gasteiger partial charge is 0.266 e. The molecule has 0 saturated carbocycles. The standard InChI is InChI=1S/C17H30N6O/c1-20-6-3-16(4-7-20)21(2)14-15(13-19)17(24)23-11-9-22(8-5-18)10-12-23/h14,16H,3-12,18H2,1-2H3/b15-14-. The number of nitriles is 1. The lowest BCUT2D eigenvalue weighted by atomic mass is 10.0. The first kappa shape index (κ1) is 18.7. The van der Waals surface area contributed by atoms with Crippen molar-refractivity contribution in [2.45, 2.75) is 18.9 Å². The van der Waals surface area contributed by atoms with Gasteiger partial charge >= 0.3 is 0 Å². The number of hydrogen-bond acceptors (Lipinski definition) is 6. The first-order valence-corrected chi connectivity index (χ1v) is 8.79. The summed E-state index contributed by atoms with van der Waals surface area (Å²) >= 11 is 0. The summed E-state index contributed by atoms with van der Waals surface area (Å²) in [5.41, 5.74) is 5.81. The molecule has 0 aliphatic carbocycles. The molecule has 0 aromatic heterocycles. The molecule has 2 N–H and O–H groups in total. The molecule has 2 fully saturated rings. The van der Waals surface area contributed by atoms with Gasteiger partial charge in [-0.2, -0.15) is 5.26 Å². The Morgan fingerprint density at radius 2 is 1.88 bits per heavy atom. The zero-order valence-electron chi connectivity index (χ0n) is 14.9. The maximum absolute atomic E-state index is 12.6. The Bertz CT molecular complexity index is 484. The van der Waals surface area contributed by atoms with Crippen molar-refractivity contribution in [2.24, 2.45) is 5.73 Å². The van der Waals surface area contributed by atoms with E-state index in [0.29, 0.717) is 25.7 Å². The van der Waals surface area contributed by atoms with Crippen LogP contribution in [0.5, 0.6) is 0 Å². The Morgan fingerprint density at radius 1 is 1.25 bits per heavy atom. The van der Waals surface area contributed by atoms with Crippen molar-refractivity contribution in [3.63, 3.8) is 0 Å². The van der Waals surface area contributed by atoms with Crippen molar-refractivity contribution in [1.29, 1.82) is 5.26 Å². The Labute approximate surface area is 145 Å². The summed E-state index contributed by atoms with van der Waals surface area (Å²) in [5, 5.41) is 9.42. The molecule has 0 radical (unpaired) electrons.